The maximum absolute atomic E-state index is 13.1. The summed E-state index contributed by atoms with van der Waals surface area (Å²) in [6, 6.07) is 0. The fourth-order valence-electron chi connectivity index (χ4n) is 1.24. The number of hydrogen-bond donors (Lipinski definition) is 1. The van der Waals surface area contributed by atoms with E-state index in [0.717, 1.165) is 0 Å². The van der Waals surface area contributed by atoms with Gasteiger partial charge in [-0.3, -0.25) is 0 Å². The summed E-state index contributed by atoms with van der Waals surface area (Å²) in [6.07, 6.45) is -0.414. The maximum atomic E-state index is 13.1. The number of rotatable bonds is 3. The minimum atomic E-state index is -2.17. The van der Waals surface area contributed by atoms with Crippen molar-refractivity contribution in [2.24, 2.45) is 5.92 Å². The van der Waals surface area contributed by atoms with Crippen LogP contribution >= 0.6 is 0 Å². The quantitative estimate of drug-likeness (QED) is 0.489. The summed E-state index contributed by atoms with van der Waals surface area (Å²) >= 11 is 0. The Bertz CT molecular complexity index is 376. The molecular formula is C10H9F5O. The first-order valence-electron chi connectivity index (χ1n) is 4.51. The van der Waals surface area contributed by atoms with E-state index < -0.39 is 53.6 Å². The van der Waals surface area contributed by atoms with Crippen LogP contribution in [-0.2, 0) is 6.42 Å². The molecule has 0 amide bonds. The van der Waals surface area contributed by atoms with Crippen molar-refractivity contribution in [2.45, 2.75) is 13.3 Å². The second kappa shape index (κ2) is 4.78. The van der Waals surface area contributed by atoms with E-state index in [4.69, 9.17) is 5.11 Å². The van der Waals surface area contributed by atoms with E-state index in [1.165, 1.54) is 6.92 Å². The third-order valence-corrected chi connectivity index (χ3v) is 2.16. The molecule has 0 heterocycles. The maximum Gasteiger partial charge on any atom is 0.200 e. The number of aliphatic hydroxyl groups excluding tert-OH is 1. The molecule has 0 saturated heterocycles. The molecule has 90 valence electrons. The van der Waals surface area contributed by atoms with Crippen molar-refractivity contribution < 1.29 is 27.1 Å². The number of hydrogen-bond acceptors (Lipinski definition) is 1. The highest BCUT2D eigenvalue weighted by molar-refractivity contribution is 5.24. The van der Waals surface area contributed by atoms with Crippen LogP contribution in [0.15, 0.2) is 0 Å². The van der Waals surface area contributed by atoms with Gasteiger partial charge in [-0.25, -0.2) is 22.0 Å². The molecule has 0 radical (unpaired) electrons. The molecule has 1 aromatic rings. The molecule has 6 heteroatoms. The van der Waals surface area contributed by atoms with Crippen molar-refractivity contribution in [3.8, 4) is 0 Å². The van der Waals surface area contributed by atoms with E-state index in [2.05, 4.69) is 0 Å². The summed E-state index contributed by atoms with van der Waals surface area (Å²) in [6.45, 7) is 1.03. The summed E-state index contributed by atoms with van der Waals surface area (Å²) in [7, 11) is 0. The predicted octanol–water partition coefficient (Wildman–Crippen LogP) is 2.55. The van der Waals surface area contributed by atoms with Gasteiger partial charge in [-0.1, -0.05) is 6.92 Å². The monoisotopic (exact) mass is 240 g/mol. The van der Waals surface area contributed by atoms with Gasteiger partial charge < -0.3 is 5.11 Å². The van der Waals surface area contributed by atoms with Gasteiger partial charge in [0.2, 0.25) is 5.82 Å². The summed E-state index contributed by atoms with van der Waals surface area (Å²) in [5.41, 5.74) is -0.891. The van der Waals surface area contributed by atoms with E-state index in [0.29, 0.717) is 0 Å². The lowest BCUT2D eigenvalue weighted by atomic mass is 10.0. The van der Waals surface area contributed by atoms with Crippen LogP contribution in [0.4, 0.5) is 22.0 Å². The third kappa shape index (κ3) is 2.16. The molecule has 0 fully saturated rings. The first-order chi connectivity index (χ1) is 7.40. The first-order valence-corrected chi connectivity index (χ1v) is 4.51. The van der Waals surface area contributed by atoms with Gasteiger partial charge >= 0.3 is 0 Å². The van der Waals surface area contributed by atoms with Crippen LogP contribution in [0.25, 0.3) is 0 Å². The Morgan fingerprint density at radius 3 is 1.62 bits per heavy atom. The Hall–Kier alpha value is -1.17. The van der Waals surface area contributed by atoms with E-state index in [9.17, 15) is 22.0 Å². The van der Waals surface area contributed by atoms with Gasteiger partial charge in [0.15, 0.2) is 23.3 Å². The van der Waals surface area contributed by atoms with Crippen molar-refractivity contribution in [1.82, 2.24) is 0 Å². The van der Waals surface area contributed by atoms with Crippen LogP contribution < -0.4 is 0 Å². The lowest BCUT2D eigenvalue weighted by molar-refractivity contribution is 0.233. The molecule has 0 saturated carbocycles. The Morgan fingerprint density at radius 1 is 0.875 bits per heavy atom. The summed E-state index contributed by atoms with van der Waals surface area (Å²) in [5, 5.41) is 8.66. The van der Waals surface area contributed by atoms with Gasteiger partial charge in [0.05, 0.1) is 0 Å². The van der Waals surface area contributed by atoms with Crippen LogP contribution in [0.2, 0.25) is 0 Å². The van der Waals surface area contributed by atoms with Crippen molar-refractivity contribution in [3.63, 3.8) is 0 Å². The lowest BCUT2D eigenvalue weighted by Crippen LogP contribution is -2.12. The average Bonchev–Trinajstić information content (AvgIpc) is 2.29. The Kier molecular flexibility index (Phi) is 3.85. The zero-order valence-electron chi connectivity index (χ0n) is 8.33. The fraction of sp³-hybridized carbons (Fsp3) is 0.400. The Balaban J connectivity index is 3.28. The zero-order valence-corrected chi connectivity index (χ0v) is 8.33. The minimum Gasteiger partial charge on any atom is -0.396 e. The normalized spacial score (nSPS) is 12.9. The average molecular weight is 240 g/mol. The van der Waals surface area contributed by atoms with Gasteiger partial charge in [-0.15, -0.1) is 0 Å². The molecule has 1 aromatic carbocycles. The molecule has 1 rings (SSSR count). The number of aliphatic hydroxyl groups is 1. The molecule has 16 heavy (non-hydrogen) atoms. The summed E-state index contributed by atoms with van der Waals surface area (Å²) in [4.78, 5) is 0. The molecule has 0 unspecified atom stereocenters. The highest BCUT2D eigenvalue weighted by atomic mass is 19.2. The lowest BCUT2D eigenvalue weighted by Gasteiger charge is -2.11. The SMILES string of the molecule is C[C@H](CO)Cc1c(F)c(F)c(F)c(F)c1F. The standard InChI is InChI=1S/C10H9F5O/c1-4(3-16)2-5-6(11)8(13)10(15)9(14)7(5)12/h4,16H,2-3H2,1H3/t4-/m0/s1. The smallest absolute Gasteiger partial charge is 0.200 e. The number of benzene rings is 1. The molecule has 0 aliphatic heterocycles. The highest BCUT2D eigenvalue weighted by Crippen LogP contribution is 2.24. The van der Waals surface area contributed by atoms with Crippen molar-refractivity contribution in [1.29, 1.82) is 0 Å². The largest absolute Gasteiger partial charge is 0.396 e. The molecule has 0 bridgehead atoms. The summed E-state index contributed by atoms with van der Waals surface area (Å²) < 4.78 is 64.3. The van der Waals surface area contributed by atoms with Crippen LogP contribution in [0.5, 0.6) is 0 Å². The van der Waals surface area contributed by atoms with E-state index in [-0.39, 0.29) is 0 Å². The van der Waals surface area contributed by atoms with Gasteiger partial charge in [0.1, 0.15) is 0 Å². The van der Waals surface area contributed by atoms with Gasteiger partial charge in [-0.05, 0) is 12.3 Å². The van der Waals surface area contributed by atoms with Gasteiger partial charge in [0.25, 0.3) is 0 Å². The fourth-order valence-corrected chi connectivity index (χ4v) is 1.24. The second-order valence-electron chi connectivity index (χ2n) is 3.54. The molecule has 1 N–H and O–H groups in total. The van der Waals surface area contributed by atoms with Crippen molar-refractivity contribution in [2.75, 3.05) is 6.61 Å². The van der Waals surface area contributed by atoms with Gasteiger partial charge in [-0.2, -0.15) is 0 Å². The zero-order chi connectivity index (χ0) is 12.5. The Labute approximate surface area is 88.5 Å². The van der Waals surface area contributed by atoms with Crippen molar-refractivity contribution in [3.05, 3.63) is 34.6 Å². The molecule has 1 nitrogen and oxygen atoms in total. The molecule has 0 spiro atoms. The minimum absolute atomic E-state index is 0.403. The van der Waals surface area contributed by atoms with Crippen LogP contribution in [0, 0.1) is 35.0 Å². The highest BCUT2D eigenvalue weighted by Gasteiger charge is 2.26. The third-order valence-electron chi connectivity index (χ3n) is 2.16. The van der Waals surface area contributed by atoms with E-state index >= 15 is 0 Å². The molecule has 0 aromatic heterocycles. The topological polar surface area (TPSA) is 20.2 Å². The van der Waals surface area contributed by atoms with Crippen molar-refractivity contribution >= 4 is 0 Å². The molecule has 1 atom stereocenters. The van der Waals surface area contributed by atoms with Crippen LogP contribution in [-0.4, -0.2) is 11.7 Å². The number of halogens is 5. The predicted molar refractivity (Wildman–Crippen MR) is 46.2 cm³/mol. The molecular weight excluding hydrogens is 231 g/mol. The van der Waals surface area contributed by atoms with E-state index in [1.54, 1.807) is 0 Å². The second-order valence-corrected chi connectivity index (χ2v) is 3.54. The molecule has 0 aliphatic carbocycles. The Morgan fingerprint density at radius 2 is 1.25 bits per heavy atom. The first kappa shape index (κ1) is 12.9. The summed E-state index contributed by atoms with van der Waals surface area (Å²) in [5.74, 6) is -10.4. The molecule has 0 aliphatic rings. The van der Waals surface area contributed by atoms with Gasteiger partial charge in [0, 0.05) is 12.2 Å². The van der Waals surface area contributed by atoms with E-state index in [1.807, 2.05) is 0 Å². The van der Waals surface area contributed by atoms with Crippen LogP contribution in [0.1, 0.15) is 12.5 Å². The van der Waals surface area contributed by atoms with Crippen LogP contribution in [0.3, 0.4) is 0 Å².